The van der Waals surface area contributed by atoms with Crippen molar-refractivity contribution < 1.29 is 4.79 Å². The van der Waals surface area contributed by atoms with Crippen LogP contribution < -0.4 is 10.6 Å². The van der Waals surface area contributed by atoms with Crippen molar-refractivity contribution in [2.45, 2.75) is 19.3 Å². The van der Waals surface area contributed by atoms with Gasteiger partial charge in [0.2, 0.25) is 0 Å². The number of rotatable bonds is 5. The summed E-state index contributed by atoms with van der Waals surface area (Å²) in [5, 5.41) is 6.50. The fourth-order valence-electron chi connectivity index (χ4n) is 3.27. The van der Waals surface area contributed by atoms with Gasteiger partial charge in [0.25, 0.3) is 0 Å². The number of nitrogens with one attached hydrogen (secondary N) is 2. The first-order valence-corrected chi connectivity index (χ1v) is 9.20. The van der Waals surface area contributed by atoms with E-state index in [4.69, 9.17) is 0 Å². The van der Waals surface area contributed by atoms with Crippen molar-refractivity contribution in [3.05, 3.63) is 47.0 Å². The van der Waals surface area contributed by atoms with Gasteiger partial charge in [0.15, 0.2) is 5.13 Å². The number of nitrogens with zero attached hydrogens (tertiary/aromatic N) is 2. The first-order valence-electron chi connectivity index (χ1n) is 8.38. The van der Waals surface area contributed by atoms with Crippen molar-refractivity contribution in [1.29, 1.82) is 0 Å². The topological polar surface area (TPSA) is 57.3 Å². The summed E-state index contributed by atoms with van der Waals surface area (Å²) in [6, 6.07) is 10.4. The van der Waals surface area contributed by atoms with Gasteiger partial charge in [0.1, 0.15) is 0 Å². The van der Waals surface area contributed by atoms with Crippen molar-refractivity contribution in [2.24, 2.45) is 5.92 Å². The SMILES string of the molecule is CCc1cnc(NC(=O)NC[C@H]2CN(C)C[C@@H]2c2ccccc2)s1. The molecule has 1 saturated heterocycles. The summed E-state index contributed by atoms with van der Waals surface area (Å²) in [4.78, 5) is 19.8. The van der Waals surface area contributed by atoms with Crippen LogP contribution in [0, 0.1) is 5.92 Å². The van der Waals surface area contributed by atoms with E-state index in [1.807, 2.05) is 12.3 Å². The van der Waals surface area contributed by atoms with Crippen LogP contribution in [-0.2, 0) is 6.42 Å². The maximum Gasteiger partial charge on any atom is 0.321 e. The molecular weight excluding hydrogens is 320 g/mol. The lowest BCUT2D eigenvalue weighted by Crippen LogP contribution is -2.35. The number of anilines is 1. The van der Waals surface area contributed by atoms with Gasteiger partial charge in [-0.15, -0.1) is 11.3 Å². The summed E-state index contributed by atoms with van der Waals surface area (Å²) >= 11 is 1.53. The minimum absolute atomic E-state index is 0.173. The highest BCUT2D eigenvalue weighted by molar-refractivity contribution is 7.15. The molecule has 0 spiro atoms. The van der Waals surface area contributed by atoms with Crippen molar-refractivity contribution in [3.8, 4) is 0 Å². The fraction of sp³-hybridized carbons (Fsp3) is 0.444. The summed E-state index contributed by atoms with van der Waals surface area (Å²) < 4.78 is 0. The Morgan fingerprint density at radius 1 is 1.33 bits per heavy atom. The molecule has 2 N–H and O–H groups in total. The number of carbonyl (C=O) groups excluding carboxylic acids is 1. The molecule has 0 bridgehead atoms. The van der Waals surface area contributed by atoms with Gasteiger partial charge < -0.3 is 10.2 Å². The number of aromatic nitrogens is 1. The predicted molar refractivity (Wildman–Crippen MR) is 98.7 cm³/mol. The summed E-state index contributed by atoms with van der Waals surface area (Å²) in [6.07, 6.45) is 2.76. The van der Waals surface area contributed by atoms with Gasteiger partial charge in [-0.25, -0.2) is 9.78 Å². The third kappa shape index (κ3) is 4.13. The Bertz CT molecular complexity index is 673. The Kier molecular flexibility index (Phi) is 5.48. The molecule has 1 fully saturated rings. The van der Waals surface area contributed by atoms with Gasteiger partial charge in [-0.05, 0) is 24.9 Å². The first-order chi connectivity index (χ1) is 11.7. The van der Waals surface area contributed by atoms with Crippen LogP contribution in [0.1, 0.15) is 23.3 Å². The molecule has 5 nitrogen and oxygen atoms in total. The van der Waals surface area contributed by atoms with Gasteiger partial charge >= 0.3 is 6.03 Å². The Morgan fingerprint density at radius 2 is 2.12 bits per heavy atom. The van der Waals surface area contributed by atoms with Crippen molar-refractivity contribution in [3.63, 3.8) is 0 Å². The molecular formula is C18H24N4OS. The van der Waals surface area contributed by atoms with Crippen LogP contribution in [0.15, 0.2) is 36.5 Å². The molecule has 24 heavy (non-hydrogen) atoms. The zero-order valence-corrected chi connectivity index (χ0v) is 15.0. The molecule has 3 rings (SSSR count). The molecule has 2 heterocycles. The Morgan fingerprint density at radius 3 is 2.83 bits per heavy atom. The molecule has 0 aliphatic carbocycles. The van der Waals surface area contributed by atoms with E-state index in [0.29, 0.717) is 23.5 Å². The van der Waals surface area contributed by atoms with Gasteiger partial charge in [-0.1, -0.05) is 37.3 Å². The van der Waals surface area contributed by atoms with Crippen LogP contribution in [-0.4, -0.2) is 42.6 Å². The van der Waals surface area contributed by atoms with Crippen LogP contribution in [0.4, 0.5) is 9.93 Å². The van der Waals surface area contributed by atoms with Gasteiger partial charge in [0, 0.05) is 36.6 Å². The van der Waals surface area contributed by atoms with Crippen molar-refractivity contribution in [2.75, 3.05) is 32.0 Å². The number of carbonyl (C=O) groups is 1. The summed E-state index contributed by atoms with van der Waals surface area (Å²) in [6.45, 7) is 4.78. The lowest BCUT2D eigenvalue weighted by Gasteiger charge is -2.19. The number of aryl methyl sites for hydroxylation is 1. The number of hydrogen-bond acceptors (Lipinski definition) is 4. The molecule has 128 valence electrons. The highest BCUT2D eigenvalue weighted by Gasteiger charge is 2.31. The van der Waals surface area contributed by atoms with E-state index in [1.54, 1.807) is 0 Å². The first kappa shape index (κ1) is 16.9. The maximum absolute atomic E-state index is 12.1. The van der Waals surface area contributed by atoms with E-state index in [1.165, 1.54) is 21.8 Å². The van der Waals surface area contributed by atoms with E-state index in [0.717, 1.165) is 19.5 Å². The van der Waals surface area contributed by atoms with E-state index in [9.17, 15) is 4.79 Å². The minimum Gasteiger partial charge on any atom is -0.337 e. The molecule has 0 radical (unpaired) electrons. The largest absolute Gasteiger partial charge is 0.337 e. The van der Waals surface area contributed by atoms with E-state index in [-0.39, 0.29) is 6.03 Å². The highest BCUT2D eigenvalue weighted by Crippen LogP contribution is 2.31. The number of amides is 2. The molecule has 2 aromatic rings. The average molecular weight is 344 g/mol. The number of hydrogen-bond donors (Lipinski definition) is 2. The summed E-state index contributed by atoms with van der Waals surface area (Å²) in [7, 11) is 2.14. The summed E-state index contributed by atoms with van der Waals surface area (Å²) in [5.74, 6) is 0.883. The number of urea groups is 1. The number of likely N-dealkylation sites (tertiary alicyclic amines) is 1. The third-order valence-corrected chi connectivity index (χ3v) is 5.56. The van der Waals surface area contributed by atoms with Gasteiger partial charge in [0.05, 0.1) is 0 Å². The van der Waals surface area contributed by atoms with Gasteiger partial charge in [-0.2, -0.15) is 0 Å². The van der Waals surface area contributed by atoms with Crippen LogP contribution >= 0.6 is 11.3 Å². The van der Waals surface area contributed by atoms with Crippen molar-refractivity contribution >= 4 is 22.5 Å². The zero-order chi connectivity index (χ0) is 16.9. The Hall–Kier alpha value is -1.92. The second-order valence-corrected chi connectivity index (χ2v) is 7.43. The van der Waals surface area contributed by atoms with Crippen LogP contribution in [0.3, 0.4) is 0 Å². The van der Waals surface area contributed by atoms with Crippen molar-refractivity contribution in [1.82, 2.24) is 15.2 Å². The second-order valence-electron chi connectivity index (χ2n) is 6.32. The molecule has 1 aliphatic rings. The zero-order valence-electron chi connectivity index (χ0n) is 14.2. The Balaban J connectivity index is 1.55. The maximum atomic E-state index is 12.1. The van der Waals surface area contributed by atoms with E-state index >= 15 is 0 Å². The minimum atomic E-state index is -0.173. The number of likely N-dealkylation sites (N-methyl/N-ethyl adjacent to an activating group) is 1. The molecule has 1 aromatic heterocycles. The normalized spacial score (nSPS) is 20.9. The molecule has 0 unspecified atom stereocenters. The molecule has 2 amide bonds. The lowest BCUT2D eigenvalue weighted by atomic mass is 9.89. The Labute approximate surface area is 147 Å². The molecule has 6 heteroatoms. The van der Waals surface area contributed by atoms with Crippen LogP contribution in [0.5, 0.6) is 0 Å². The third-order valence-electron chi connectivity index (χ3n) is 4.50. The fourth-order valence-corrected chi connectivity index (χ4v) is 4.01. The molecule has 1 aliphatic heterocycles. The van der Waals surface area contributed by atoms with Crippen LogP contribution in [0.2, 0.25) is 0 Å². The predicted octanol–water partition coefficient (Wildman–Crippen LogP) is 3.17. The van der Waals surface area contributed by atoms with E-state index in [2.05, 4.69) is 58.8 Å². The summed E-state index contributed by atoms with van der Waals surface area (Å²) in [5.41, 5.74) is 1.35. The standard InChI is InChI=1S/C18H24N4OS/c1-3-15-10-20-18(24-15)21-17(23)19-9-14-11-22(2)12-16(14)13-7-5-4-6-8-13/h4-8,10,14,16H,3,9,11-12H2,1-2H3,(H2,19,20,21,23)/t14-,16+/m0/s1. The molecule has 1 aromatic carbocycles. The smallest absolute Gasteiger partial charge is 0.321 e. The number of thiazole rings is 1. The molecule has 0 saturated carbocycles. The average Bonchev–Trinajstić information content (AvgIpc) is 3.20. The quantitative estimate of drug-likeness (QED) is 0.876. The molecule has 2 atom stereocenters. The monoisotopic (exact) mass is 344 g/mol. The van der Waals surface area contributed by atoms with E-state index < -0.39 is 0 Å². The highest BCUT2D eigenvalue weighted by atomic mass is 32.1. The number of benzene rings is 1. The lowest BCUT2D eigenvalue weighted by molar-refractivity contribution is 0.249. The second kappa shape index (κ2) is 7.77. The van der Waals surface area contributed by atoms with Gasteiger partial charge in [-0.3, -0.25) is 5.32 Å². The van der Waals surface area contributed by atoms with Crippen LogP contribution in [0.25, 0.3) is 0 Å².